The first-order chi connectivity index (χ1) is 10.0. The maximum absolute atomic E-state index is 12.3. The second-order valence-corrected chi connectivity index (χ2v) is 5.13. The van der Waals surface area contributed by atoms with Gasteiger partial charge in [0, 0.05) is 13.6 Å². The molecule has 0 aliphatic heterocycles. The summed E-state index contributed by atoms with van der Waals surface area (Å²) in [7, 11) is 3.28. The van der Waals surface area contributed by atoms with Gasteiger partial charge in [0.15, 0.2) is 10.3 Å². The van der Waals surface area contributed by atoms with Gasteiger partial charge in [-0.2, -0.15) is 0 Å². The van der Waals surface area contributed by atoms with E-state index in [4.69, 9.17) is 27.9 Å². The van der Waals surface area contributed by atoms with Crippen LogP contribution < -0.4 is 4.74 Å². The van der Waals surface area contributed by atoms with Crippen molar-refractivity contribution in [2.75, 3.05) is 14.2 Å². The Morgan fingerprint density at radius 2 is 1.90 bits per heavy atom. The zero-order valence-electron chi connectivity index (χ0n) is 11.5. The fourth-order valence-electron chi connectivity index (χ4n) is 1.79. The van der Waals surface area contributed by atoms with Crippen molar-refractivity contribution in [3.8, 4) is 5.75 Å². The lowest BCUT2D eigenvalue weighted by Gasteiger charge is -2.17. The second kappa shape index (κ2) is 6.74. The lowest BCUT2D eigenvalue weighted by molar-refractivity contribution is 0.0784. The van der Waals surface area contributed by atoms with Crippen LogP contribution in [0.3, 0.4) is 0 Å². The fraction of sp³-hybridized carbons (Fsp3) is 0.214. The highest BCUT2D eigenvalue weighted by molar-refractivity contribution is 6.34. The Kier molecular flexibility index (Phi) is 4.98. The Balaban J connectivity index is 2.13. The average molecular weight is 326 g/mol. The molecule has 0 saturated heterocycles. The van der Waals surface area contributed by atoms with E-state index in [1.165, 1.54) is 11.0 Å². The van der Waals surface area contributed by atoms with Crippen molar-refractivity contribution in [2.45, 2.75) is 6.54 Å². The number of methoxy groups -OCH3 is 1. The number of ether oxygens (including phenoxy) is 1. The first-order valence-corrected chi connectivity index (χ1v) is 6.84. The lowest BCUT2D eigenvalue weighted by atomic mass is 10.2. The van der Waals surface area contributed by atoms with E-state index >= 15 is 0 Å². The number of hydrogen-bond donors (Lipinski definition) is 0. The normalized spacial score (nSPS) is 10.3. The van der Waals surface area contributed by atoms with Crippen molar-refractivity contribution in [3.05, 3.63) is 51.8 Å². The van der Waals surface area contributed by atoms with Gasteiger partial charge in [-0.3, -0.25) is 4.79 Å². The predicted molar refractivity (Wildman–Crippen MR) is 80.8 cm³/mol. The molecule has 1 aromatic heterocycles. The molecule has 21 heavy (non-hydrogen) atoms. The van der Waals surface area contributed by atoms with Gasteiger partial charge in [-0.15, -0.1) is 10.2 Å². The fourth-order valence-corrected chi connectivity index (χ4v) is 2.11. The molecule has 1 heterocycles. The number of rotatable bonds is 4. The molecule has 0 radical (unpaired) electrons. The Hall–Kier alpha value is -1.85. The molecule has 1 amide bonds. The molecule has 0 saturated carbocycles. The molecular weight excluding hydrogens is 313 g/mol. The molecule has 0 fully saturated rings. The standard InChI is InChI=1S/C14H13Cl2N3O2/c1-19(8-9-3-5-10(21-2)6-4-9)14(20)11-7-12(15)17-18-13(11)16/h3-7H,8H2,1-2H3. The van der Waals surface area contributed by atoms with Gasteiger partial charge >= 0.3 is 0 Å². The minimum absolute atomic E-state index is 0.0333. The number of benzene rings is 1. The van der Waals surface area contributed by atoms with Crippen molar-refractivity contribution >= 4 is 29.1 Å². The molecular formula is C14H13Cl2N3O2. The number of carbonyl (C=O) groups excluding carboxylic acids is 1. The molecule has 0 spiro atoms. The van der Waals surface area contributed by atoms with Gasteiger partial charge in [-0.05, 0) is 23.8 Å². The van der Waals surface area contributed by atoms with Gasteiger partial charge in [-0.1, -0.05) is 35.3 Å². The van der Waals surface area contributed by atoms with E-state index in [9.17, 15) is 4.79 Å². The van der Waals surface area contributed by atoms with E-state index in [1.54, 1.807) is 14.2 Å². The monoisotopic (exact) mass is 325 g/mol. The quantitative estimate of drug-likeness (QED) is 0.866. The van der Waals surface area contributed by atoms with Gasteiger partial charge in [0.25, 0.3) is 5.91 Å². The maximum atomic E-state index is 12.3. The number of halogens is 2. The third-order valence-corrected chi connectivity index (χ3v) is 3.34. The van der Waals surface area contributed by atoms with Crippen molar-refractivity contribution in [2.24, 2.45) is 0 Å². The van der Waals surface area contributed by atoms with Crippen LogP contribution in [-0.2, 0) is 6.54 Å². The summed E-state index contributed by atoms with van der Waals surface area (Å²) >= 11 is 11.6. The number of hydrogen-bond acceptors (Lipinski definition) is 4. The van der Waals surface area contributed by atoms with Gasteiger partial charge < -0.3 is 9.64 Å². The molecule has 0 N–H and O–H groups in total. The van der Waals surface area contributed by atoms with Crippen LogP contribution in [0.1, 0.15) is 15.9 Å². The van der Waals surface area contributed by atoms with E-state index in [2.05, 4.69) is 10.2 Å². The van der Waals surface area contributed by atoms with Crippen molar-refractivity contribution < 1.29 is 9.53 Å². The summed E-state index contributed by atoms with van der Waals surface area (Å²) in [6.07, 6.45) is 0. The third kappa shape index (κ3) is 3.83. The van der Waals surface area contributed by atoms with Crippen LogP contribution in [0.25, 0.3) is 0 Å². The Morgan fingerprint density at radius 3 is 2.52 bits per heavy atom. The molecule has 110 valence electrons. The molecule has 2 aromatic rings. The van der Waals surface area contributed by atoms with Crippen LogP contribution in [0.15, 0.2) is 30.3 Å². The topological polar surface area (TPSA) is 55.3 Å². The zero-order valence-corrected chi connectivity index (χ0v) is 13.0. The summed E-state index contributed by atoms with van der Waals surface area (Å²) in [5.74, 6) is 0.494. The molecule has 0 atom stereocenters. The van der Waals surface area contributed by atoms with Gasteiger partial charge in [-0.25, -0.2) is 0 Å². The third-order valence-electron chi connectivity index (χ3n) is 2.87. The van der Waals surface area contributed by atoms with E-state index in [0.717, 1.165) is 11.3 Å². The van der Waals surface area contributed by atoms with Crippen LogP contribution in [0.4, 0.5) is 0 Å². The Morgan fingerprint density at radius 1 is 1.24 bits per heavy atom. The van der Waals surface area contributed by atoms with Crippen molar-refractivity contribution in [1.29, 1.82) is 0 Å². The minimum atomic E-state index is -0.271. The number of carbonyl (C=O) groups is 1. The highest BCUT2D eigenvalue weighted by Crippen LogP contribution is 2.18. The largest absolute Gasteiger partial charge is 0.497 e. The van der Waals surface area contributed by atoms with Gasteiger partial charge in [0.05, 0.1) is 12.7 Å². The van der Waals surface area contributed by atoms with Crippen LogP contribution in [0.2, 0.25) is 10.3 Å². The van der Waals surface area contributed by atoms with E-state index in [-0.39, 0.29) is 21.8 Å². The first kappa shape index (κ1) is 15.5. The molecule has 0 unspecified atom stereocenters. The molecule has 0 bridgehead atoms. The van der Waals surface area contributed by atoms with E-state index in [0.29, 0.717) is 6.54 Å². The average Bonchev–Trinajstić information content (AvgIpc) is 2.49. The van der Waals surface area contributed by atoms with Crippen molar-refractivity contribution in [3.63, 3.8) is 0 Å². The van der Waals surface area contributed by atoms with Crippen molar-refractivity contribution in [1.82, 2.24) is 15.1 Å². The minimum Gasteiger partial charge on any atom is -0.497 e. The summed E-state index contributed by atoms with van der Waals surface area (Å²) in [6.45, 7) is 0.430. The summed E-state index contributed by atoms with van der Waals surface area (Å²) in [4.78, 5) is 13.9. The van der Waals surface area contributed by atoms with Crippen LogP contribution in [-0.4, -0.2) is 35.2 Å². The molecule has 5 nitrogen and oxygen atoms in total. The highest BCUT2D eigenvalue weighted by Gasteiger charge is 2.17. The highest BCUT2D eigenvalue weighted by atomic mass is 35.5. The summed E-state index contributed by atoms with van der Waals surface area (Å²) in [6, 6.07) is 8.87. The molecule has 7 heteroatoms. The second-order valence-electron chi connectivity index (χ2n) is 4.38. The molecule has 1 aromatic carbocycles. The van der Waals surface area contributed by atoms with Gasteiger partial charge in [0.2, 0.25) is 0 Å². The van der Waals surface area contributed by atoms with Crippen LogP contribution in [0, 0.1) is 0 Å². The predicted octanol–water partition coefficient (Wildman–Crippen LogP) is 3.06. The summed E-state index contributed by atoms with van der Waals surface area (Å²) in [5, 5.41) is 7.37. The maximum Gasteiger partial charge on any atom is 0.257 e. The SMILES string of the molecule is COc1ccc(CN(C)C(=O)c2cc(Cl)nnc2Cl)cc1. The lowest BCUT2D eigenvalue weighted by Crippen LogP contribution is -2.26. The number of aromatic nitrogens is 2. The molecule has 0 aliphatic rings. The van der Waals surface area contributed by atoms with Crippen LogP contribution in [0.5, 0.6) is 5.75 Å². The Bertz CT molecular complexity index is 647. The summed E-state index contributed by atoms with van der Waals surface area (Å²) in [5.41, 5.74) is 1.20. The van der Waals surface area contributed by atoms with E-state index < -0.39 is 0 Å². The first-order valence-electron chi connectivity index (χ1n) is 6.08. The zero-order chi connectivity index (χ0) is 15.4. The number of amides is 1. The van der Waals surface area contributed by atoms with Gasteiger partial charge in [0.1, 0.15) is 5.75 Å². The Labute approximate surface area is 132 Å². The number of nitrogens with zero attached hydrogens (tertiary/aromatic N) is 3. The van der Waals surface area contributed by atoms with E-state index in [1.807, 2.05) is 24.3 Å². The molecule has 2 rings (SSSR count). The summed E-state index contributed by atoms with van der Waals surface area (Å²) < 4.78 is 5.09. The van der Waals surface area contributed by atoms with Crippen LogP contribution >= 0.6 is 23.2 Å². The molecule has 0 aliphatic carbocycles. The smallest absolute Gasteiger partial charge is 0.257 e.